The Bertz CT molecular complexity index is 947. The number of aromatic nitrogens is 3. The van der Waals surface area contributed by atoms with E-state index in [1.165, 1.54) is 6.42 Å². The third-order valence-corrected chi connectivity index (χ3v) is 4.96. The van der Waals surface area contributed by atoms with Crippen LogP contribution in [0.2, 0.25) is 0 Å². The SMILES string of the molecule is Cc1cc(NCC2CCCCN2c2ccc(=O)[nH]n2)c2ccccc2n1. The Morgan fingerprint density at radius 2 is 2.12 bits per heavy atom. The lowest BCUT2D eigenvalue weighted by Crippen LogP contribution is -2.44. The summed E-state index contributed by atoms with van der Waals surface area (Å²) < 4.78 is 0. The van der Waals surface area contributed by atoms with Gasteiger partial charge in [-0.15, -0.1) is 0 Å². The van der Waals surface area contributed by atoms with Crippen LogP contribution in [-0.4, -0.2) is 34.3 Å². The molecule has 1 aliphatic rings. The first-order chi connectivity index (χ1) is 12.7. The number of aromatic amines is 1. The molecule has 3 heterocycles. The van der Waals surface area contributed by atoms with Crippen LogP contribution in [0, 0.1) is 6.92 Å². The molecule has 1 fully saturated rings. The van der Waals surface area contributed by atoms with Crippen molar-refractivity contribution in [2.24, 2.45) is 0 Å². The van der Waals surface area contributed by atoms with E-state index in [1.807, 2.05) is 31.2 Å². The van der Waals surface area contributed by atoms with Crippen molar-refractivity contribution in [1.29, 1.82) is 0 Å². The van der Waals surface area contributed by atoms with E-state index >= 15 is 0 Å². The van der Waals surface area contributed by atoms with Gasteiger partial charge >= 0.3 is 0 Å². The fraction of sp³-hybridized carbons (Fsp3) is 0.350. The van der Waals surface area contributed by atoms with Crippen LogP contribution in [0.4, 0.5) is 11.5 Å². The maximum atomic E-state index is 11.3. The lowest BCUT2D eigenvalue weighted by molar-refractivity contribution is 0.468. The van der Waals surface area contributed by atoms with E-state index in [0.29, 0.717) is 6.04 Å². The quantitative estimate of drug-likeness (QED) is 0.757. The molecule has 2 N–H and O–H groups in total. The van der Waals surface area contributed by atoms with Crippen molar-refractivity contribution in [2.75, 3.05) is 23.3 Å². The first-order valence-corrected chi connectivity index (χ1v) is 9.13. The van der Waals surface area contributed by atoms with Gasteiger partial charge in [-0.05, 0) is 44.4 Å². The molecule has 2 aromatic heterocycles. The highest BCUT2D eigenvalue weighted by atomic mass is 16.1. The Labute approximate surface area is 152 Å². The van der Waals surface area contributed by atoms with Gasteiger partial charge in [-0.1, -0.05) is 18.2 Å². The lowest BCUT2D eigenvalue weighted by atomic mass is 10.0. The van der Waals surface area contributed by atoms with Gasteiger partial charge in [0.05, 0.1) is 5.52 Å². The third-order valence-electron chi connectivity index (χ3n) is 4.96. The van der Waals surface area contributed by atoms with E-state index in [-0.39, 0.29) is 5.56 Å². The number of hydrogen-bond acceptors (Lipinski definition) is 5. The van der Waals surface area contributed by atoms with E-state index in [1.54, 1.807) is 6.07 Å². The van der Waals surface area contributed by atoms with Gasteiger partial charge < -0.3 is 10.2 Å². The van der Waals surface area contributed by atoms with Crippen molar-refractivity contribution in [3.05, 3.63) is 58.5 Å². The number of para-hydroxylation sites is 1. The molecule has 6 nitrogen and oxygen atoms in total. The molecule has 0 radical (unpaired) electrons. The molecule has 1 unspecified atom stereocenters. The summed E-state index contributed by atoms with van der Waals surface area (Å²) in [5.41, 5.74) is 2.97. The molecule has 0 bridgehead atoms. The summed E-state index contributed by atoms with van der Waals surface area (Å²) in [6.45, 7) is 3.81. The van der Waals surface area contributed by atoms with Crippen LogP contribution in [0.3, 0.4) is 0 Å². The first kappa shape index (κ1) is 16.6. The minimum absolute atomic E-state index is 0.167. The number of fused-ring (bicyclic) bond motifs is 1. The van der Waals surface area contributed by atoms with Gasteiger partial charge in [0.2, 0.25) is 0 Å². The Balaban J connectivity index is 1.56. The molecule has 0 saturated carbocycles. The monoisotopic (exact) mass is 349 g/mol. The first-order valence-electron chi connectivity index (χ1n) is 9.13. The van der Waals surface area contributed by atoms with Crippen molar-refractivity contribution in [2.45, 2.75) is 32.2 Å². The summed E-state index contributed by atoms with van der Waals surface area (Å²) in [7, 11) is 0. The summed E-state index contributed by atoms with van der Waals surface area (Å²) in [4.78, 5) is 18.2. The van der Waals surface area contributed by atoms with Crippen molar-refractivity contribution in [3.8, 4) is 0 Å². The van der Waals surface area contributed by atoms with Crippen LogP contribution in [-0.2, 0) is 0 Å². The van der Waals surface area contributed by atoms with Crippen LogP contribution >= 0.6 is 0 Å². The average molecular weight is 349 g/mol. The molecule has 0 aliphatic carbocycles. The number of H-pyrrole nitrogens is 1. The maximum Gasteiger partial charge on any atom is 0.264 e. The minimum Gasteiger partial charge on any atom is -0.382 e. The van der Waals surface area contributed by atoms with E-state index in [2.05, 4.69) is 37.5 Å². The minimum atomic E-state index is -0.167. The molecular weight excluding hydrogens is 326 g/mol. The zero-order valence-corrected chi connectivity index (χ0v) is 14.9. The van der Waals surface area contributed by atoms with E-state index < -0.39 is 0 Å². The number of nitrogens with one attached hydrogen (secondary N) is 2. The van der Waals surface area contributed by atoms with E-state index in [9.17, 15) is 4.79 Å². The molecule has 0 spiro atoms. The number of piperidine rings is 1. The van der Waals surface area contributed by atoms with E-state index in [0.717, 1.165) is 54.0 Å². The highest BCUT2D eigenvalue weighted by Gasteiger charge is 2.23. The molecule has 1 aromatic carbocycles. The lowest BCUT2D eigenvalue weighted by Gasteiger charge is -2.36. The summed E-state index contributed by atoms with van der Waals surface area (Å²) in [6.07, 6.45) is 3.47. The van der Waals surface area contributed by atoms with Gasteiger partial charge in [-0.25, -0.2) is 5.10 Å². The van der Waals surface area contributed by atoms with Gasteiger partial charge in [-0.2, -0.15) is 5.10 Å². The van der Waals surface area contributed by atoms with Crippen LogP contribution in [0.15, 0.2) is 47.3 Å². The zero-order valence-electron chi connectivity index (χ0n) is 14.9. The average Bonchev–Trinajstić information content (AvgIpc) is 2.67. The Morgan fingerprint density at radius 3 is 2.96 bits per heavy atom. The molecule has 1 saturated heterocycles. The Morgan fingerprint density at radius 1 is 1.23 bits per heavy atom. The predicted molar refractivity (Wildman–Crippen MR) is 105 cm³/mol. The second kappa shape index (κ2) is 7.15. The molecule has 26 heavy (non-hydrogen) atoms. The molecule has 6 heteroatoms. The second-order valence-corrected chi connectivity index (χ2v) is 6.83. The molecule has 0 amide bonds. The third kappa shape index (κ3) is 3.40. The van der Waals surface area contributed by atoms with Crippen LogP contribution in [0.5, 0.6) is 0 Å². The van der Waals surface area contributed by atoms with Gasteiger partial charge in [0.1, 0.15) is 5.82 Å². The molecule has 134 valence electrons. The Kier molecular flexibility index (Phi) is 4.56. The Hall–Kier alpha value is -2.89. The zero-order chi connectivity index (χ0) is 17.9. The topological polar surface area (TPSA) is 73.9 Å². The smallest absolute Gasteiger partial charge is 0.264 e. The number of nitrogens with zero attached hydrogens (tertiary/aromatic N) is 3. The highest BCUT2D eigenvalue weighted by Crippen LogP contribution is 2.26. The van der Waals surface area contributed by atoms with Crippen LogP contribution in [0.1, 0.15) is 25.0 Å². The highest BCUT2D eigenvalue weighted by molar-refractivity contribution is 5.91. The van der Waals surface area contributed by atoms with Crippen molar-refractivity contribution < 1.29 is 0 Å². The summed E-state index contributed by atoms with van der Waals surface area (Å²) in [5, 5.41) is 11.5. The van der Waals surface area contributed by atoms with Gasteiger partial charge in [0, 0.05) is 42.0 Å². The van der Waals surface area contributed by atoms with Gasteiger partial charge in [0.15, 0.2) is 0 Å². The molecule has 3 aromatic rings. The molecular formula is C20H23N5O. The van der Waals surface area contributed by atoms with Crippen LogP contribution < -0.4 is 15.8 Å². The van der Waals surface area contributed by atoms with Crippen molar-refractivity contribution in [3.63, 3.8) is 0 Å². The number of anilines is 2. The number of hydrogen-bond donors (Lipinski definition) is 2. The second-order valence-electron chi connectivity index (χ2n) is 6.83. The fourth-order valence-corrected chi connectivity index (χ4v) is 3.69. The fourth-order valence-electron chi connectivity index (χ4n) is 3.69. The number of pyridine rings is 1. The summed E-state index contributed by atoms with van der Waals surface area (Å²) in [6, 6.07) is 14.0. The largest absolute Gasteiger partial charge is 0.382 e. The number of rotatable bonds is 4. The standard InChI is InChI=1S/C20H23N5O/c1-14-12-18(16-7-2-3-8-17(16)22-14)21-13-15-6-4-5-11-25(15)19-9-10-20(26)24-23-19/h2-3,7-10,12,15H,4-6,11,13H2,1H3,(H,21,22)(H,24,26). The van der Waals surface area contributed by atoms with Crippen molar-refractivity contribution >= 4 is 22.4 Å². The van der Waals surface area contributed by atoms with Crippen LogP contribution in [0.25, 0.3) is 10.9 Å². The van der Waals surface area contributed by atoms with Gasteiger partial charge in [-0.3, -0.25) is 9.78 Å². The molecule has 4 rings (SSSR count). The summed E-state index contributed by atoms with van der Waals surface area (Å²) in [5.74, 6) is 0.840. The maximum absolute atomic E-state index is 11.3. The number of benzene rings is 1. The molecule has 1 aliphatic heterocycles. The van der Waals surface area contributed by atoms with Gasteiger partial charge in [0.25, 0.3) is 5.56 Å². The number of aryl methyl sites for hydroxylation is 1. The van der Waals surface area contributed by atoms with E-state index in [4.69, 9.17) is 0 Å². The normalized spacial score (nSPS) is 17.4. The van der Waals surface area contributed by atoms with Crippen molar-refractivity contribution in [1.82, 2.24) is 15.2 Å². The predicted octanol–water partition coefficient (Wildman–Crippen LogP) is 3.10. The summed E-state index contributed by atoms with van der Waals surface area (Å²) >= 11 is 0. The molecule has 1 atom stereocenters.